The summed E-state index contributed by atoms with van der Waals surface area (Å²) in [5.74, 6) is -1.51. The van der Waals surface area contributed by atoms with Crippen molar-refractivity contribution in [3.8, 4) is 5.75 Å². The highest BCUT2D eigenvalue weighted by Gasteiger charge is 2.19. The van der Waals surface area contributed by atoms with Gasteiger partial charge in [0.05, 0.1) is 11.4 Å². The summed E-state index contributed by atoms with van der Waals surface area (Å²) in [6, 6.07) is 2.95. The molecule has 10 heteroatoms. The van der Waals surface area contributed by atoms with Gasteiger partial charge >= 0.3 is 5.97 Å². The van der Waals surface area contributed by atoms with E-state index >= 15 is 0 Å². The largest absolute Gasteiger partial charge is 0.507 e. The number of nitrogens with zero attached hydrogens (tertiary/aromatic N) is 2. The normalized spacial score (nSPS) is 11.5. The summed E-state index contributed by atoms with van der Waals surface area (Å²) >= 11 is 0. The SMILES string of the molecule is Cc1nc(CNS(=O)(=O)c2ccc(O)c(C(=O)O)c2)no1. The van der Waals surface area contributed by atoms with Crippen LogP contribution in [0.2, 0.25) is 0 Å². The lowest BCUT2D eigenvalue weighted by atomic mass is 10.2. The fraction of sp³-hybridized carbons (Fsp3) is 0.182. The number of aromatic carboxylic acids is 1. The van der Waals surface area contributed by atoms with Gasteiger partial charge in [0, 0.05) is 6.92 Å². The zero-order valence-corrected chi connectivity index (χ0v) is 11.6. The molecule has 0 aliphatic heterocycles. The molecule has 0 radical (unpaired) electrons. The van der Waals surface area contributed by atoms with Crippen LogP contribution in [0.5, 0.6) is 5.75 Å². The molecule has 0 unspecified atom stereocenters. The molecule has 0 atom stereocenters. The molecule has 0 fully saturated rings. The minimum Gasteiger partial charge on any atom is -0.507 e. The first-order valence-electron chi connectivity index (χ1n) is 5.65. The highest BCUT2D eigenvalue weighted by atomic mass is 32.2. The van der Waals surface area contributed by atoms with Gasteiger partial charge in [0.25, 0.3) is 0 Å². The summed E-state index contributed by atoms with van der Waals surface area (Å²) in [6.45, 7) is 1.35. The van der Waals surface area contributed by atoms with Crippen LogP contribution in [0.15, 0.2) is 27.6 Å². The Labute approximate surface area is 119 Å². The smallest absolute Gasteiger partial charge is 0.339 e. The minimum absolute atomic E-state index is 0.147. The number of aromatic nitrogens is 2. The van der Waals surface area contributed by atoms with E-state index < -0.39 is 27.3 Å². The monoisotopic (exact) mass is 313 g/mol. The van der Waals surface area contributed by atoms with Crippen molar-refractivity contribution in [1.29, 1.82) is 0 Å². The van der Waals surface area contributed by atoms with Gasteiger partial charge in [-0.1, -0.05) is 5.16 Å². The number of aryl methyl sites for hydroxylation is 1. The molecule has 0 spiro atoms. The predicted octanol–water partition coefficient (Wildman–Crippen LogP) is 0.260. The first kappa shape index (κ1) is 14.9. The second kappa shape index (κ2) is 5.50. The van der Waals surface area contributed by atoms with Gasteiger partial charge < -0.3 is 14.7 Å². The number of hydrogen-bond acceptors (Lipinski definition) is 7. The third-order valence-electron chi connectivity index (χ3n) is 2.50. The lowest BCUT2D eigenvalue weighted by molar-refractivity contribution is 0.0693. The Bertz CT molecular complexity index is 783. The van der Waals surface area contributed by atoms with E-state index in [0.717, 1.165) is 18.2 Å². The third-order valence-corrected chi connectivity index (χ3v) is 3.90. The summed E-state index contributed by atoms with van der Waals surface area (Å²) in [7, 11) is -3.97. The van der Waals surface area contributed by atoms with Crippen molar-refractivity contribution in [1.82, 2.24) is 14.9 Å². The van der Waals surface area contributed by atoms with Crippen molar-refractivity contribution in [2.45, 2.75) is 18.4 Å². The fourth-order valence-electron chi connectivity index (χ4n) is 1.51. The number of sulfonamides is 1. The Morgan fingerprint density at radius 2 is 2.14 bits per heavy atom. The molecular weight excluding hydrogens is 302 g/mol. The summed E-state index contributed by atoms with van der Waals surface area (Å²) in [4.78, 5) is 14.4. The number of rotatable bonds is 5. The first-order valence-corrected chi connectivity index (χ1v) is 7.13. The number of carboxylic acids is 1. The van der Waals surface area contributed by atoms with Crippen LogP contribution in [-0.4, -0.2) is 34.7 Å². The van der Waals surface area contributed by atoms with E-state index in [1.54, 1.807) is 6.92 Å². The number of carbonyl (C=O) groups is 1. The predicted molar refractivity (Wildman–Crippen MR) is 68.1 cm³/mol. The molecular formula is C11H11N3O6S. The zero-order chi connectivity index (χ0) is 15.6. The lowest BCUT2D eigenvalue weighted by Gasteiger charge is -2.06. The maximum absolute atomic E-state index is 12.0. The molecule has 2 rings (SSSR count). The average molecular weight is 313 g/mol. The standard InChI is InChI=1S/C11H11N3O6S/c1-6-13-10(14-20-6)5-12-21(18,19)7-2-3-9(15)8(4-7)11(16)17/h2-4,12,15H,5H2,1H3,(H,16,17). The summed E-state index contributed by atoms with van der Waals surface area (Å²) in [5.41, 5.74) is -0.506. The minimum atomic E-state index is -3.97. The number of aromatic hydroxyl groups is 1. The number of hydrogen-bond donors (Lipinski definition) is 3. The maximum atomic E-state index is 12.0. The third kappa shape index (κ3) is 3.35. The van der Waals surface area contributed by atoms with Crippen LogP contribution < -0.4 is 4.72 Å². The fourth-order valence-corrected chi connectivity index (χ4v) is 2.52. The molecule has 0 saturated carbocycles. The van der Waals surface area contributed by atoms with E-state index in [0.29, 0.717) is 5.89 Å². The van der Waals surface area contributed by atoms with Gasteiger partial charge in [0.1, 0.15) is 11.3 Å². The van der Waals surface area contributed by atoms with Crippen LogP contribution in [0, 0.1) is 6.92 Å². The van der Waals surface area contributed by atoms with Crippen LogP contribution in [0.1, 0.15) is 22.1 Å². The molecule has 9 nitrogen and oxygen atoms in total. The van der Waals surface area contributed by atoms with Crippen LogP contribution in [0.3, 0.4) is 0 Å². The van der Waals surface area contributed by atoms with Gasteiger partial charge in [-0.15, -0.1) is 0 Å². The molecule has 0 aliphatic rings. The topological polar surface area (TPSA) is 143 Å². The Morgan fingerprint density at radius 1 is 1.43 bits per heavy atom. The van der Waals surface area contributed by atoms with E-state index in [-0.39, 0.29) is 17.3 Å². The summed E-state index contributed by atoms with van der Waals surface area (Å²) in [6.07, 6.45) is 0. The number of carboxylic acid groups (broad SMARTS) is 1. The second-order valence-corrected chi connectivity index (χ2v) is 5.81. The van der Waals surface area contributed by atoms with Crippen molar-refractivity contribution in [3.63, 3.8) is 0 Å². The van der Waals surface area contributed by atoms with Gasteiger partial charge in [-0.25, -0.2) is 17.9 Å². The van der Waals surface area contributed by atoms with Crippen LogP contribution in [0.25, 0.3) is 0 Å². The second-order valence-electron chi connectivity index (χ2n) is 4.04. The summed E-state index contributed by atoms with van der Waals surface area (Å²) in [5, 5.41) is 21.7. The average Bonchev–Trinajstić information content (AvgIpc) is 2.82. The Hall–Kier alpha value is -2.46. The van der Waals surface area contributed by atoms with Crippen molar-refractivity contribution in [3.05, 3.63) is 35.5 Å². The Balaban J connectivity index is 2.23. The van der Waals surface area contributed by atoms with E-state index in [9.17, 15) is 18.3 Å². The van der Waals surface area contributed by atoms with E-state index in [1.807, 2.05) is 0 Å². The highest BCUT2D eigenvalue weighted by molar-refractivity contribution is 7.89. The van der Waals surface area contributed by atoms with Crippen LogP contribution >= 0.6 is 0 Å². The van der Waals surface area contributed by atoms with Gasteiger partial charge in [-0.3, -0.25) is 0 Å². The van der Waals surface area contributed by atoms with Crippen molar-refractivity contribution in [2.75, 3.05) is 0 Å². The highest BCUT2D eigenvalue weighted by Crippen LogP contribution is 2.21. The molecule has 1 heterocycles. The zero-order valence-electron chi connectivity index (χ0n) is 10.8. The number of nitrogens with one attached hydrogen (secondary N) is 1. The maximum Gasteiger partial charge on any atom is 0.339 e. The first-order chi connectivity index (χ1) is 9.79. The van der Waals surface area contributed by atoms with E-state index in [1.165, 1.54) is 0 Å². The van der Waals surface area contributed by atoms with Crippen molar-refractivity contribution >= 4 is 16.0 Å². The molecule has 2 aromatic rings. The number of phenols is 1. The quantitative estimate of drug-likeness (QED) is 0.713. The molecule has 1 aromatic carbocycles. The molecule has 0 bridgehead atoms. The van der Waals surface area contributed by atoms with Crippen LogP contribution in [-0.2, 0) is 16.6 Å². The lowest BCUT2D eigenvalue weighted by Crippen LogP contribution is -2.24. The molecule has 0 saturated heterocycles. The Morgan fingerprint density at radius 3 is 2.71 bits per heavy atom. The number of benzene rings is 1. The molecule has 0 amide bonds. The molecule has 21 heavy (non-hydrogen) atoms. The molecule has 0 aliphatic carbocycles. The Kier molecular flexibility index (Phi) is 3.91. The van der Waals surface area contributed by atoms with E-state index in [2.05, 4.69) is 14.9 Å². The van der Waals surface area contributed by atoms with Gasteiger partial charge in [0.2, 0.25) is 15.9 Å². The summed E-state index contributed by atoms with van der Waals surface area (Å²) < 4.78 is 31.0. The van der Waals surface area contributed by atoms with Crippen LogP contribution in [0.4, 0.5) is 0 Å². The molecule has 3 N–H and O–H groups in total. The molecule has 112 valence electrons. The van der Waals surface area contributed by atoms with E-state index in [4.69, 9.17) is 9.63 Å². The van der Waals surface area contributed by atoms with Crippen molar-refractivity contribution < 1.29 is 27.9 Å². The van der Waals surface area contributed by atoms with Gasteiger partial charge in [-0.05, 0) is 18.2 Å². The molecule has 1 aromatic heterocycles. The van der Waals surface area contributed by atoms with Gasteiger partial charge in [-0.2, -0.15) is 4.98 Å². The van der Waals surface area contributed by atoms with Gasteiger partial charge in [0.15, 0.2) is 5.82 Å². The van der Waals surface area contributed by atoms with Crippen molar-refractivity contribution in [2.24, 2.45) is 0 Å².